The van der Waals surface area contributed by atoms with Crippen molar-refractivity contribution < 1.29 is 31.1 Å². The number of aromatic nitrogens is 2. The fraction of sp³-hybridized carbons (Fsp3) is 0.250. The van der Waals surface area contributed by atoms with Gasteiger partial charge in [0.2, 0.25) is 9.84 Å². The number of hydrogen-bond donors (Lipinski definition) is 1. The molecule has 0 aliphatic heterocycles. The second-order valence-corrected chi connectivity index (χ2v) is 6.23. The predicted molar refractivity (Wildman–Crippen MR) is 66.0 cm³/mol. The van der Waals surface area contributed by atoms with Crippen LogP contribution in [0.15, 0.2) is 34.2 Å². The number of rotatable bonds is 3. The third kappa shape index (κ3) is 2.71. The first kappa shape index (κ1) is 16.4. The Morgan fingerprint density at radius 2 is 1.77 bits per heavy atom. The van der Waals surface area contributed by atoms with Gasteiger partial charge in [-0.15, -0.1) is 0 Å². The van der Waals surface area contributed by atoms with Crippen LogP contribution in [-0.2, 0) is 29.7 Å². The number of alkyl halides is 3. The summed E-state index contributed by atoms with van der Waals surface area (Å²) in [5.74, 6) is -0.692. The molecule has 0 spiro atoms. The zero-order valence-electron chi connectivity index (χ0n) is 11.1. The molecule has 0 atom stereocenters. The van der Waals surface area contributed by atoms with Gasteiger partial charge in [-0.05, 0) is 24.3 Å². The van der Waals surface area contributed by atoms with E-state index in [0.29, 0.717) is 4.68 Å². The highest BCUT2D eigenvalue weighted by Crippen LogP contribution is 2.35. The minimum atomic E-state index is -4.91. The van der Waals surface area contributed by atoms with E-state index >= 15 is 0 Å². The standard InChI is InChI=1S/C12H10F4N2O3S/c1-18-11(9(6-19)10(17-18)12(14,15)16)22(20,21)8-4-2-7(13)3-5-8/h2-5,19H,6H2,1H3. The number of aliphatic hydroxyl groups is 1. The molecular formula is C12H10F4N2O3S. The van der Waals surface area contributed by atoms with Crippen molar-refractivity contribution in [3.63, 3.8) is 0 Å². The van der Waals surface area contributed by atoms with Crippen molar-refractivity contribution in [1.29, 1.82) is 0 Å². The van der Waals surface area contributed by atoms with Crippen LogP contribution in [0.1, 0.15) is 11.3 Å². The van der Waals surface area contributed by atoms with Gasteiger partial charge in [-0.1, -0.05) is 0 Å². The van der Waals surface area contributed by atoms with Gasteiger partial charge in [-0.2, -0.15) is 18.3 Å². The van der Waals surface area contributed by atoms with Gasteiger partial charge in [0.1, 0.15) is 5.82 Å². The molecule has 0 aliphatic carbocycles. The van der Waals surface area contributed by atoms with E-state index in [1.807, 2.05) is 0 Å². The molecule has 0 saturated carbocycles. The van der Waals surface area contributed by atoms with E-state index in [4.69, 9.17) is 5.11 Å². The molecule has 0 saturated heterocycles. The van der Waals surface area contributed by atoms with E-state index in [-0.39, 0.29) is 0 Å². The van der Waals surface area contributed by atoms with E-state index in [2.05, 4.69) is 5.10 Å². The summed E-state index contributed by atoms with van der Waals surface area (Å²) in [5, 5.41) is 11.5. The van der Waals surface area contributed by atoms with Crippen molar-refractivity contribution in [2.24, 2.45) is 7.05 Å². The smallest absolute Gasteiger partial charge is 0.391 e. The fourth-order valence-electron chi connectivity index (χ4n) is 1.98. The van der Waals surface area contributed by atoms with Gasteiger partial charge in [0.05, 0.1) is 11.5 Å². The second-order valence-electron chi connectivity index (χ2n) is 4.37. The van der Waals surface area contributed by atoms with Gasteiger partial charge >= 0.3 is 6.18 Å². The summed E-state index contributed by atoms with van der Waals surface area (Å²) in [6, 6.07) is 3.58. The lowest BCUT2D eigenvalue weighted by atomic mass is 10.2. The minimum Gasteiger partial charge on any atom is -0.391 e. The summed E-state index contributed by atoms with van der Waals surface area (Å²) in [5.41, 5.74) is -2.32. The first-order chi connectivity index (χ1) is 10.1. The van der Waals surface area contributed by atoms with Gasteiger partial charge in [0.25, 0.3) is 0 Å². The van der Waals surface area contributed by atoms with Crippen molar-refractivity contribution >= 4 is 9.84 Å². The van der Waals surface area contributed by atoms with Crippen LogP contribution in [0, 0.1) is 5.82 Å². The molecule has 0 bridgehead atoms. The summed E-state index contributed by atoms with van der Waals surface area (Å²) < 4.78 is 76.8. The van der Waals surface area contributed by atoms with Crippen LogP contribution >= 0.6 is 0 Å². The van der Waals surface area contributed by atoms with Crippen molar-refractivity contribution in [1.82, 2.24) is 9.78 Å². The lowest BCUT2D eigenvalue weighted by molar-refractivity contribution is -0.142. The average Bonchev–Trinajstić information content (AvgIpc) is 2.76. The van der Waals surface area contributed by atoms with Crippen molar-refractivity contribution in [3.05, 3.63) is 41.3 Å². The Labute approximate surface area is 122 Å². The molecule has 1 aromatic carbocycles. The summed E-state index contributed by atoms with van der Waals surface area (Å²) in [7, 11) is -3.38. The first-order valence-corrected chi connectivity index (χ1v) is 7.32. The van der Waals surface area contributed by atoms with Gasteiger partial charge in [0.15, 0.2) is 10.7 Å². The molecule has 2 rings (SSSR count). The molecule has 1 heterocycles. The Morgan fingerprint density at radius 3 is 2.23 bits per heavy atom. The van der Waals surface area contributed by atoms with E-state index in [1.165, 1.54) is 0 Å². The van der Waals surface area contributed by atoms with Crippen LogP contribution in [0.4, 0.5) is 17.6 Å². The number of aliphatic hydroxyl groups excluding tert-OH is 1. The molecule has 5 nitrogen and oxygen atoms in total. The van der Waals surface area contributed by atoms with E-state index in [0.717, 1.165) is 31.3 Å². The van der Waals surface area contributed by atoms with Crippen LogP contribution in [0.5, 0.6) is 0 Å². The highest BCUT2D eigenvalue weighted by Gasteiger charge is 2.41. The van der Waals surface area contributed by atoms with Crippen LogP contribution < -0.4 is 0 Å². The Kier molecular flexibility index (Phi) is 4.00. The van der Waals surface area contributed by atoms with Crippen molar-refractivity contribution in [3.8, 4) is 0 Å². The Bertz CT molecular complexity index is 795. The molecule has 0 aliphatic rings. The number of benzene rings is 1. The largest absolute Gasteiger partial charge is 0.435 e. The van der Waals surface area contributed by atoms with Crippen LogP contribution in [0.2, 0.25) is 0 Å². The lowest BCUT2D eigenvalue weighted by Crippen LogP contribution is -2.11. The Hall–Kier alpha value is -1.94. The maximum atomic E-state index is 12.9. The Morgan fingerprint density at radius 1 is 1.23 bits per heavy atom. The number of aryl methyl sites for hydroxylation is 1. The average molecular weight is 338 g/mol. The quantitative estimate of drug-likeness (QED) is 0.685. The van der Waals surface area contributed by atoms with Crippen LogP contribution in [0.3, 0.4) is 0 Å². The second kappa shape index (κ2) is 5.36. The topological polar surface area (TPSA) is 72.2 Å². The van der Waals surface area contributed by atoms with Crippen LogP contribution in [0.25, 0.3) is 0 Å². The summed E-state index contributed by atoms with van der Waals surface area (Å²) in [4.78, 5) is -0.402. The fourth-order valence-corrected chi connectivity index (χ4v) is 3.58. The third-order valence-corrected chi connectivity index (χ3v) is 4.81. The molecule has 22 heavy (non-hydrogen) atoms. The van der Waals surface area contributed by atoms with Gasteiger partial charge in [0, 0.05) is 12.6 Å². The van der Waals surface area contributed by atoms with Gasteiger partial charge in [-0.3, -0.25) is 4.68 Å². The molecule has 1 N–H and O–H groups in total. The van der Waals surface area contributed by atoms with E-state index in [9.17, 15) is 26.0 Å². The predicted octanol–water partition coefficient (Wildman–Crippen LogP) is 1.90. The lowest BCUT2D eigenvalue weighted by Gasteiger charge is -2.08. The number of halogens is 4. The maximum absolute atomic E-state index is 12.9. The van der Waals surface area contributed by atoms with Crippen LogP contribution in [-0.4, -0.2) is 23.3 Å². The number of nitrogens with zero attached hydrogens (tertiary/aromatic N) is 2. The molecule has 0 radical (unpaired) electrons. The number of sulfone groups is 1. The number of hydrogen-bond acceptors (Lipinski definition) is 4. The normalized spacial score (nSPS) is 12.6. The molecular weight excluding hydrogens is 328 g/mol. The highest BCUT2D eigenvalue weighted by molar-refractivity contribution is 7.91. The molecule has 10 heteroatoms. The Balaban J connectivity index is 2.71. The zero-order chi connectivity index (χ0) is 16.7. The van der Waals surface area contributed by atoms with Gasteiger partial charge in [-0.25, -0.2) is 12.8 Å². The molecule has 0 fully saturated rings. The first-order valence-electron chi connectivity index (χ1n) is 5.83. The van der Waals surface area contributed by atoms with Crippen molar-refractivity contribution in [2.45, 2.75) is 22.7 Å². The summed E-state index contributed by atoms with van der Waals surface area (Å²) in [6.45, 7) is -1.15. The van der Waals surface area contributed by atoms with Crippen molar-refractivity contribution in [2.75, 3.05) is 0 Å². The molecule has 1 aromatic heterocycles. The SMILES string of the molecule is Cn1nc(C(F)(F)F)c(CO)c1S(=O)(=O)c1ccc(F)cc1. The summed E-state index contributed by atoms with van der Waals surface area (Å²) >= 11 is 0. The zero-order valence-corrected chi connectivity index (χ0v) is 11.9. The monoisotopic (exact) mass is 338 g/mol. The summed E-state index contributed by atoms with van der Waals surface area (Å²) in [6.07, 6.45) is -4.91. The van der Waals surface area contributed by atoms with E-state index < -0.39 is 49.6 Å². The molecule has 2 aromatic rings. The van der Waals surface area contributed by atoms with E-state index in [1.54, 1.807) is 0 Å². The molecule has 0 unspecified atom stereocenters. The van der Waals surface area contributed by atoms with Gasteiger partial charge < -0.3 is 5.11 Å². The minimum absolute atomic E-state index is 0.402. The maximum Gasteiger partial charge on any atom is 0.435 e. The highest BCUT2D eigenvalue weighted by atomic mass is 32.2. The third-order valence-electron chi connectivity index (χ3n) is 2.89. The molecule has 120 valence electrons. The molecule has 0 amide bonds.